The van der Waals surface area contributed by atoms with Gasteiger partial charge in [0, 0.05) is 26.6 Å². The van der Waals surface area contributed by atoms with Crippen molar-refractivity contribution in [2.45, 2.75) is 38.7 Å². The van der Waals surface area contributed by atoms with Crippen molar-refractivity contribution in [3.8, 4) is 6.01 Å². The van der Waals surface area contributed by atoms with Crippen molar-refractivity contribution in [2.75, 3.05) is 37.4 Å². The zero-order valence-corrected chi connectivity index (χ0v) is 12.4. The van der Waals surface area contributed by atoms with Gasteiger partial charge in [0.1, 0.15) is 0 Å². The van der Waals surface area contributed by atoms with E-state index in [0.29, 0.717) is 12.6 Å². The highest BCUT2D eigenvalue weighted by atomic mass is 16.5. The van der Waals surface area contributed by atoms with Crippen molar-refractivity contribution in [3.63, 3.8) is 0 Å². The summed E-state index contributed by atoms with van der Waals surface area (Å²) in [7, 11) is 1.69. The predicted molar refractivity (Wildman–Crippen MR) is 76.9 cm³/mol. The van der Waals surface area contributed by atoms with E-state index in [-0.39, 0.29) is 17.6 Å². The van der Waals surface area contributed by atoms with Crippen LogP contribution in [-0.2, 0) is 4.74 Å². The van der Waals surface area contributed by atoms with Gasteiger partial charge in [-0.05, 0) is 26.7 Å². The lowest BCUT2D eigenvalue weighted by molar-refractivity contribution is 0.00468. The number of hydrogen-bond donors (Lipinski definition) is 1. The van der Waals surface area contributed by atoms with Crippen LogP contribution >= 0.6 is 0 Å². The third-order valence-electron chi connectivity index (χ3n) is 3.50. The minimum atomic E-state index is -0.226. The first kappa shape index (κ1) is 14.8. The third kappa shape index (κ3) is 3.93. The van der Waals surface area contributed by atoms with Crippen LogP contribution in [-0.4, -0.2) is 47.4 Å². The molecule has 0 aliphatic carbocycles. The standard InChI is InChI=1S/C13H23N5O2/c1-13(2,19-3)6-9-20-12-16-10(14)15-11(17-12)18-7-4-5-8-18/h4-9H2,1-3H3,(H2,14,15,16,17). The Kier molecular flexibility index (Phi) is 4.59. The summed E-state index contributed by atoms with van der Waals surface area (Å²) >= 11 is 0. The van der Waals surface area contributed by atoms with Gasteiger partial charge in [-0.25, -0.2) is 0 Å². The van der Waals surface area contributed by atoms with Crippen molar-refractivity contribution in [1.82, 2.24) is 15.0 Å². The van der Waals surface area contributed by atoms with E-state index in [1.54, 1.807) is 7.11 Å². The van der Waals surface area contributed by atoms with Crippen LogP contribution in [0.5, 0.6) is 6.01 Å². The van der Waals surface area contributed by atoms with Crippen LogP contribution in [0.1, 0.15) is 33.1 Å². The van der Waals surface area contributed by atoms with E-state index in [2.05, 4.69) is 19.9 Å². The quantitative estimate of drug-likeness (QED) is 0.839. The molecule has 2 N–H and O–H groups in total. The number of rotatable bonds is 6. The summed E-state index contributed by atoms with van der Waals surface area (Å²) in [5.74, 6) is 0.805. The molecule has 2 rings (SSSR count). The fourth-order valence-corrected chi connectivity index (χ4v) is 1.97. The number of anilines is 2. The van der Waals surface area contributed by atoms with Crippen LogP contribution in [0, 0.1) is 0 Å². The maximum atomic E-state index is 5.72. The van der Waals surface area contributed by atoms with Crippen LogP contribution < -0.4 is 15.4 Å². The first-order chi connectivity index (χ1) is 9.50. The highest BCUT2D eigenvalue weighted by Crippen LogP contribution is 2.19. The molecule has 1 fully saturated rings. The summed E-state index contributed by atoms with van der Waals surface area (Å²) in [6, 6.07) is 0.284. The van der Waals surface area contributed by atoms with E-state index < -0.39 is 0 Å². The van der Waals surface area contributed by atoms with Gasteiger partial charge in [-0.2, -0.15) is 15.0 Å². The molecule has 1 saturated heterocycles. The molecule has 7 heteroatoms. The van der Waals surface area contributed by atoms with Crippen LogP contribution in [0.2, 0.25) is 0 Å². The molecular weight excluding hydrogens is 258 g/mol. The molecule has 1 aliphatic rings. The molecule has 7 nitrogen and oxygen atoms in total. The fraction of sp³-hybridized carbons (Fsp3) is 0.769. The molecule has 0 spiro atoms. The maximum Gasteiger partial charge on any atom is 0.323 e. The topological polar surface area (TPSA) is 86.4 Å². The van der Waals surface area contributed by atoms with Gasteiger partial charge in [0.15, 0.2) is 0 Å². The normalized spacial score (nSPS) is 15.7. The molecule has 0 amide bonds. The number of nitrogens with zero attached hydrogens (tertiary/aromatic N) is 4. The number of nitrogens with two attached hydrogens (primary N) is 1. The number of hydrogen-bond acceptors (Lipinski definition) is 7. The molecule has 2 heterocycles. The fourth-order valence-electron chi connectivity index (χ4n) is 1.97. The Bertz CT molecular complexity index is 446. The van der Waals surface area contributed by atoms with Crippen molar-refractivity contribution < 1.29 is 9.47 Å². The second kappa shape index (κ2) is 6.21. The number of ether oxygens (including phenoxy) is 2. The lowest BCUT2D eigenvalue weighted by Gasteiger charge is -2.22. The van der Waals surface area contributed by atoms with E-state index in [1.807, 2.05) is 13.8 Å². The van der Waals surface area contributed by atoms with E-state index >= 15 is 0 Å². The van der Waals surface area contributed by atoms with Gasteiger partial charge in [0.05, 0.1) is 12.2 Å². The van der Waals surface area contributed by atoms with Crippen molar-refractivity contribution in [3.05, 3.63) is 0 Å². The van der Waals surface area contributed by atoms with E-state index in [1.165, 1.54) is 0 Å². The molecule has 0 atom stereocenters. The number of nitrogen functional groups attached to an aromatic ring is 1. The monoisotopic (exact) mass is 281 g/mol. The zero-order chi connectivity index (χ0) is 14.6. The molecule has 112 valence electrons. The van der Waals surface area contributed by atoms with E-state index in [4.69, 9.17) is 15.2 Å². The van der Waals surface area contributed by atoms with Crippen LogP contribution in [0.3, 0.4) is 0 Å². The van der Waals surface area contributed by atoms with Crippen molar-refractivity contribution >= 4 is 11.9 Å². The largest absolute Gasteiger partial charge is 0.463 e. The summed E-state index contributed by atoms with van der Waals surface area (Å²) in [5, 5.41) is 0. The highest BCUT2D eigenvalue weighted by Gasteiger charge is 2.19. The lowest BCUT2D eigenvalue weighted by Crippen LogP contribution is -2.26. The predicted octanol–water partition coefficient (Wildman–Crippen LogP) is 1.25. The van der Waals surface area contributed by atoms with Crippen LogP contribution in [0.15, 0.2) is 0 Å². The first-order valence-corrected chi connectivity index (χ1v) is 6.95. The molecule has 0 radical (unpaired) electrons. The summed E-state index contributed by atoms with van der Waals surface area (Å²) in [6.07, 6.45) is 3.06. The summed E-state index contributed by atoms with van der Waals surface area (Å²) in [4.78, 5) is 14.6. The Hall–Kier alpha value is -1.63. The zero-order valence-electron chi connectivity index (χ0n) is 12.4. The Labute approximate surface area is 119 Å². The number of methoxy groups -OCH3 is 1. The van der Waals surface area contributed by atoms with Gasteiger partial charge in [-0.15, -0.1) is 0 Å². The van der Waals surface area contributed by atoms with Crippen LogP contribution in [0.25, 0.3) is 0 Å². The molecular formula is C13H23N5O2. The molecule has 0 unspecified atom stereocenters. The Balaban J connectivity index is 1.97. The lowest BCUT2D eigenvalue weighted by atomic mass is 10.1. The van der Waals surface area contributed by atoms with E-state index in [9.17, 15) is 0 Å². The molecule has 0 bridgehead atoms. The van der Waals surface area contributed by atoms with Gasteiger partial charge in [0.25, 0.3) is 0 Å². The Morgan fingerprint density at radius 3 is 2.55 bits per heavy atom. The van der Waals surface area contributed by atoms with Crippen molar-refractivity contribution in [2.24, 2.45) is 0 Å². The molecule has 1 aromatic heterocycles. The number of aromatic nitrogens is 3. The molecule has 1 aliphatic heterocycles. The average Bonchev–Trinajstić information content (AvgIpc) is 2.92. The van der Waals surface area contributed by atoms with Crippen LogP contribution in [0.4, 0.5) is 11.9 Å². The summed E-state index contributed by atoms with van der Waals surface area (Å²) < 4.78 is 10.9. The highest BCUT2D eigenvalue weighted by molar-refractivity contribution is 5.36. The molecule has 0 aromatic carbocycles. The van der Waals surface area contributed by atoms with Gasteiger partial charge >= 0.3 is 6.01 Å². The maximum absolute atomic E-state index is 5.72. The first-order valence-electron chi connectivity index (χ1n) is 6.95. The van der Waals surface area contributed by atoms with E-state index in [0.717, 1.165) is 32.4 Å². The second-order valence-corrected chi connectivity index (χ2v) is 5.53. The molecule has 1 aromatic rings. The van der Waals surface area contributed by atoms with Crippen molar-refractivity contribution in [1.29, 1.82) is 0 Å². The van der Waals surface area contributed by atoms with Gasteiger partial charge in [-0.3, -0.25) is 0 Å². The SMILES string of the molecule is COC(C)(C)CCOc1nc(N)nc(N2CCCC2)n1. The smallest absolute Gasteiger partial charge is 0.323 e. The second-order valence-electron chi connectivity index (χ2n) is 5.53. The minimum absolute atomic E-state index is 0.197. The minimum Gasteiger partial charge on any atom is -0.463 e. The van der Waals surface area contributed by atoms with Gasteiger partial charge in [-0.1, -0.05) is 0 Å². The average molecular weight is 281 g/mol. The van der Waals surface area contributed by atoms with Gasteiger partial charge < -0.3 is 20.1 Å². The Morgan fingerprint density at radius 2 is 1.90 bits per heavy atom. The van der Waals surface area contributed by atoms with Gasteiger partial charge in [0.2, 0.25) is 11.9 Å². The summed E-state index contributed by atoms with van der Waals surface area (Å²) in [6.45, 7) is 6.41. The molecule has 0 saturated carbocycles. The molecule has 20 heavy (non-hydrogen) atoms. The Morgan fingerprint density at radius 1 is 1.20 bits per heavy atom. The third-order valence-corrected chi connectivity index (χ3v) is 3.50. The summed E-state index contributed by atoms with van der Waals surface area (Å²) in [5.41, 5.74) is 5.49.